The van der Waals surface area contributed by atoms with Crippen LogP contribution in [0.25, 0.3) is 17.2 Å². The van der Waals surface area contributed by atoms with Crippen LogP contribution in [-0.4, -0.2) is 22.0 Å². The maximum atomic E-state index is 13.2. The minimum Gasteiger partial charge on any atom is -0.481 e. The van der Waals surface area contributed by atoms with Crippen molar-refractivity contribution < 1.29 is 14.7 Å². The molecule has 1 amide bonds. The van der Waals surface area contributed by atoms with E-state index in [-0.39, 0.29) is 12.0 Å². The monoisotopic (exact) mass is 543 g/mol. The van der Waals surface area contributed by atoms with Gasteiger partial charge in [-0.2, -0.15) is 5.26 Å². The number of aryl methyl sites for hydroxylation is 1. The minimum absolute atomic E-state index is 0.00844. The molecular weight excluding hydrogens is 518 g/mol. The smallest absolute Gasteiger partial charge is 0.307 e. The number of aliphatic carboxylic acids is 1. The molecule has 1 saturated carbocycles. The molecule has 2 aromatic carbocycles. The number of carbonyl (C=O) groups is 2. The lowest BCUT2D eigenvalue weighted by atomic mass is 9.86. The zero-order chi connectivity index (χ0) is 25.7. The molecule has 1 aliphatic rings. The third kappa shape index (κ3) is 5.72. The van der Waals surface area contributed by atoms with Crippen molar-refractivity contribution in [3.05, 3.63) is 93.2 Å². The standard InChI is InChI=1S/C29H26BrN3O3/c1-19-7-8-21(15-22(19)17-27(34)35)20-9-11-24(12-10-20)29(13-2-3-14-29)33-28(36)23(18-31)16-25-5-4-6-26(30)32-25/h4-12,15-16H,2-3,13-14,17H2,1H3,(H,33,36)(H,34,35). The van der Waals surface area contributed by atoms with Crippen LogP contribution in [0.4, 0.5) is 0 Å². The summed E-state index contributed by atoms with van der Waals surface area (Å²) in [4.78, 5) is 28.7. The van der Waals surface area contributed by atoms with Crippen LogP contribution in [0, 0.1) is 18.3 Å². The van der Waals surface area contributed by atoms with Crippen molar-refractivity contribution >= 4 is 33.9 Å². The van der Waals surface area contributed by atoms with Gasteiger partial charge in [-0.15, -0.1) is 0 Å². The van der Waals surface area contributed by atoms with Gasteiger partial charge >= 0.3 is 5.97 Å². The van der Waals surface area contributed by atoms with Crippen LogP contribution >= 0.6 is 15.9 Å². The van der Waals surface area contributed by atoms with Gasteiger partial charge in [0.1, 0.15) is 16.2 Å². The van der Waals surface area contributed by atoms with E-state index >= 15 is 0 Å². The molecule has 36 heavy (non-hydrogen) atoms. The zero-order valence-electron chi connectivity index (χ0n) is 19.9. The first-order valence-electron chi connectivity index (χ1n) is 11.8. The van der Waals surface area contributed by atoms with Crippen LogP contribution in [0.3, 0.4) is 0 Å². The fourth-order valence-electron chi connectivity index (χ4n) is 4.74. The highest BCUT2D eigenvalue weighted by Gasteiger charge is 2.37. The third-order valence-electron chi connectivity index (χ3n) is 6.67. The molecule has 1 heterocycles. The molecule has 0 unspecified atom stereocenters. The maximum Gasteiger partial charge on any atom is 0.307 e. The molecular formula is C29H26BrN3O3. The average Bonchev–Trinajstić information content (AvgIpc) is 3.33. The Balaban J connectivity index is 1.59. The lowest BCUT2D eigenvalue weighted by Crippen LogP contribution is -2.44. The molecule has 0 atom stereocenters. The Morgan fingerprint density at radius 1 is 1.11 bits per heavy atom. The first-order chi connectivity index (χ1) is 17.3. The van der Waals surface area contributed by atoms with Crippen molar-refractivity contribution in [1.82, 2.24) is 10.3 Å². The fraction of sp³-hybridized carbons (Fsp3) is 0.241. The zero-order valence-corrected chi connectivity index (χ0v) is 21.5. The predicted molar refractivity (Wildman–Crippen MR) is 142 cm³/mol. The number of halogens is 1. The van der Waals surface area contributed by atoms with Gasteiger partial charge in [-0.1, -0.05) is 61.4 Å². The van der Waals surface area contributed by atoms with Crippen LogP contribution in [-0.2, 0) is 21.5 Å². The number of benzene rings is 2. The Morgan fingerprint density at radius 3 is 2.44 bits per heavy atom. The molecule has 0 spiro atoms. The van der Waals surface area contributed by atoms with Crippen molar-refractivity contribution in [3.8, 4) is 17.2 Å². The van der Waals surface area contributed by atoms with Crippen molar-refractivity contribution in [2.75, 3.05) is 0 Å². The first-order valence-corrected chi connectivity index (χ1v) is 12.6. The summed E-state index contributed by atoms with van der Waals surface area (Å²) in [6.07, 6.45) is 5.03. The molecule has 1 aromatic heterocycles. The number of nitriles is 1. The van der Waals surface area contributed by atoms with Crippen molar-refractivity contribution in [2.45, 2.75) is 44.6 Å². The van der Waals surface area contributed by atoms with Crippen LogP contribution < -0.4 is 5.32 Å². The summed E-state index contributed by atoms with van der Waals surface area (Å²) in [6, 6.07) is 21.2. The Hall–Kier alpha value is -3.76. The number of pyridine rings is 1. The number of nitrogens with zero attached hydrogens (tertiary/aromatic N) is 2. The van der Waals surface area contributed by atoms with E-state index in [0.29, 0.717) is 10.3 Å². The summed E-state index contributed by atoms with van der Waals surface area (Å²) < 4.78 is 0.630. The van der Waals surface area contributed by atoms with E-state index < -0.39 is 17.4 Å². The molecule has 2 N–H and O–H groups in total. The number of carboxylic acids is 1. The molecule has 182 valence electrons. The van der Waals surface area contributed by atoms with E-state index in [1.807, 2.05) is 55.5 Å². The van der Waals surface area contributed by atoms with Gasteiger partial charge in [-0.05, 0) is 81.7 Å². The van der Waals surface area contributed by atoms with Crippen molar-refractivity contribution in [2.24, 2.45) is 0 Å². The second kappa shape index (κ2) is 10.9. The number of aromatic nitrogens is 1. The van der Waals surface area contributed by atoms with Gasteiger partial charge < -0.3 is 10.4 Å². The SMILES string of the molecule is Cc1ccc(-c2ccc(C3(NC(=O)C(C#N)=Cc4cccc(Br)n4)CCCC3)cc2)cc1CC(=O)O. The normalized spacial score (nSPS) is 14.8. The van der Waals surface area contributed by atoms with Crippen LogP contribution in [0.1, 0.15) is 48.1 Å². The van der Waals surface area contributed by atoms with Gasteiger partial charge in [0.2, 0.25) is 0 Å². The fourth-order valence-corrected chi connectivity index (χ4v) is 5.09. The van der Waals surface area contributed by atoms with Crippen molar-refractivity contribution in [1.29, 1.82) is 5.26 Å². The van der Waals surface area contributed by atoms with E-state index in [0.717, 1.165) is 53.5 Å². The Bertz CT molecular complexity index is 1370. The van der Waals surface area contributed by atoms with Crippen LogP contribution in [0.15, 0.2) is 70.8 Å². The van der Waals surface area contributed by atoms with Gasteiger partial charge in [0.05, 0.1) is 17.7 Å². The molecule has 1 aliphatic carbocycles. The molecule has 1 fully saturated rings. The van der Waals surface area contributed by atoms with Crippen LogP contribution in [0.2, 0.25) is 0 Å². The van der Waals surface area contributed by atoms with Crippen molar-refractivity contribution in [3.63, 3.8) is 0 Å². The second-order valence-electron chi connectivity index (χ2n) is 9.09. The highest BCUT2D eigenvalue weighted by molar-refractivity contribution is 9.10. The van der Waals surface area contributed by atoms with E-state index in [4.69, 9.17) is 0 Å². The highest BCUT2D eigenvalue weighted by Crippen LogP contribution is 2.39. The van der Waals surface area contributed by atoms with Crippen LogP contribution in [0.5, 0.6) is 0 Å². The molecule has 0 radical (unpaired) electrons. The number of nitrogens with one attached hydrogen (secondary N) is 1. The number of hydrogen-bond donors (Lipinski definition) is 2. The Labute approximate surface area is 218 Å². The second-order valence-corrected chi connectivity index (χ2v) is 9.90. The first kappa shape index (κ1) is 25.3. The van der Waals surface area contributed by atoms with E-state index in [1.165, 1.54) is 6.08 Å². The number of amides is 1. The average molecular weight is 544 g/mol. The quantitative estimate of drug-likeness (QED) is 0.218. The summed E-state index contributed by atoms with van der Waals surface area (Å²) in [7, 11) is 0. The maximum absolute atomic E-state index is 13.2. The summed E-state index contributed by atoms with van der Waals surface area (Å²) in [5, 5.41) is 22.0. The van der Waals surface area contributed by atoms with Gasteiger partial charge in [0.25, 0.3) is 5.91 Å². The summed E-state index contributed by atoms with van der Waals surface area (Å²) in [5.74, 6) is -1.27. The molecule has 0 bridgehead atoms. The summed E-state index contributed by atoms with van der Waals surface area (Å²) in [6.45, 7) is 1.91. The summed E-state index contributed by atoms with van der Waals surface area (Å²) in [5.41, 5.74) is 4.65. The number of carboxylic acid groups (broad SMARTS) is 1. The van der Waals surface area contributed by atoms with Gasteiger partial charge in [0.15, 0.2) is 0 Å². The van der Waals surface area contributed by atoms with Gasteiger partial charge in [-0.25, -0.2) is 4.98 Å². The lowest BCUT2D eigenvalue weighted by molar-refractivity contribution is -0.136. The highest BCUT2D eigenvalue weighted by atomic mass is 79.9. The predicted octanol–water partition coefficient (Wildman–Crippen LogP) is 5.94. The topological polar surface area (TPSA) is 103 Å². The van der Waals surface area contributed by atoms with E-state index in [1.54, 1.807) is 18.2 Å². The number of hydrogen-bond acceptors (Lipinski definition) is 4. The van der Waals surface area contributed by atoms with E-state index in [9.17, 15) is 20.0 Å². The molecule has 0 saturated heterocycles. The third-order valence-corrected chi connectivity index (χ3v) is 7.11. The number of carbonyl (C=O) groups excluding carboxylic acids is 1. The van der Waals surface area contributed by atoms with Gasteiger partial charge in [0, 0.05) is 0 Å². The van der Waals surface area contributed by atoms with E-state index in [2.05, 4.69) is 26.2 Å². The molecule has 6 nitrogen and oxygen atoms in total. The Kier molecular flexibility index (Phi) is 7.66. The largest absolute Gasteiger partial charge is 0.481 e. The summed E-state index contributed by atoms with van der Waals surface area (Å²) >= 11 is 3.31. The number of rotatable bonds is 7. The molecule has 3 aromatic rings. The van der Waals surface area contributed by atoms with Gasteiger partial charge in [-0.3, -0.25) is 9.59 Å². The molecule has 0 aliphatic heterocycles. The Morgan fingerprint density at radius 2 is 1.81 bits per heavy atom. The molecule has 4 rings (SSSR count). The minimum atomic E-state index is -0.856. The molecule has 7 heteroatoms. The lowest BCUT2D eigenvalue weighted by Gasteiger charge is -2.31.